The van der Waals surface area contributed by atoms with E-state index in [2.05, 4.69) is 12.1 Å². The number of rotatable bonds is 3. The highest BCUT2D eigenvalue weighted by molar-refractivity contribution is 6.42. The zero-order valence-corrected chi connectivity index (χ0v) is 19.2. The molecule has 0 spiro atoms. The lowest BCUT2D eigenvalue weighted by atomic mass is 9.99. The first-order valence-electron chi connectivity index (χ1n) is 10.2. The average molecular weight is 483 g/mol. The molecule has 1 aliphatic rings. The predicted octanol–water partition coefficient (Wildman–Crippen LogP) is 6.70. The van der Waals surface area contributed by atoms with Crippen LogP contribution in [0.2, 0.25) is 15.1 Å². The minimum absolute atomic E-state index is 0.101. The van der Waals surface area contributed by atoms with Gasteiger partial charge in [-0.1, -0.05) is 77.3 Å². The van der Waals surface area contributed by atoms with E-state index >= 15 is 0 Å². The van der Waals surface area contributed by atoms with E-state index in [-0.39, 0.29) is 5.91 Å². The molecular formula is C25H18Cl3N3O. The van der Waals surface area contributed by atoms with Crippen molar-refractivity contribution in [3.8, 4) is 16.9 Å². The summed E-state index contributed by atoms with van der Waals surface area (Å²) in [5, 5.41) is 6.12. The number of hydrogen-bond donors (Lipinski definition) is 0. The lowest BCUT2D eigenvalue weighted by molar-refractivity contribution is 0.0725. The first kappa shape index (κ1) is 21.1. The Morgan fingerprint density at radius 1 is 0.812 bits per heavy atom. The van der Waals surface area contributed by atoms with Crippen LogP contribution in [0.1, 0.15) is 21.6 Å². The number of fused-ring (bicyclic) bond motifs is 1. The average Bonchev–Trinajstić information content (AvgIpc) is 3.25. The standard InChI is InChI=1S/C25H18Cl3N3O/c26-20-8-4-3-7-19(20)23-14-24(31(29-23)18-9-10-21(27)22(28)13-18)25(32)30-12-11-16-5-1-2-6-17(16)15-30/h1-10,13-14H,11-12,15H2. The highest BCUT2D eigenvalue weighted by Gasteiger charge is 2.26. The van der Waals surface area contributed by atoms with E-state index in [4.69, 9.17) is 39.9 Å². The number of aromatic nitrogens is 2. The quantitative estimate of drug-likeness (QED) is 0.326. The summed E-state index contributed by atoms with van der Waals surface area (Å²) in [6, 6.07) is 22.6. The van der Waals surface area contributed by atoms with Crippen LogP contribution in [0.4, 0.5) is 0 Å². The molecule has 160 valence electrons. The van der Waals surface area contributed by atoms with Gasteiger partial charge in [-0.25, -0.2) is 4.68 Å². The number of carbonyl (C=O) groups is 1. The minimum atomic E-state index is -0.101. The summed E-state index contributed by atoms with van der Waals surface area (Å²) in [5.74, 6) is -0.101. The molecule has 7 heteroatoms. The summed E-state index contributed by atoms with van der Waals surface area (Å²) >= 11 is 18.8. The summed E-state index contributed by atoms with van der Waals surface area (Å²) in [5.41, 5.74) is 4.91. The minimum Gasteiger partial charge on any atom is -0.333 e. The van der Waals surface area contributed by atoms with Crippen molar-refractivity contribution in [2.45, 2.75) is 13.0 Å². The molecule has 0 saturated heterocycles. The van der Waals surface area contributed by atoms with E-state index in [0.29, 0.717) is 45.2 Å². The normalized spacial score (nSPS) is 13.2. The molecule has 2 heterocycles. The summed E-state index contributed by atoms with van der Waals surface area (Å²) in [6.45, 7) is 1.20. The summed E-state index contributed by atoms with van der Waals surface area (Å²) < 4.78 is 1.61. The fourth-order valence-corrected chi connectivity index (χ4v) is 4.50. The predicted molar refractivity (Wildman–Crippen MR) is 129 cm³/mol. The smallest absolute Gasteiger partial charge is 0.272 e. The fourth-order valence-electron chi connectivity index (χ4n) is 3.98. The van der Waals surface area contributed by atoms with Crippen LogP contribution in [0, 0.1) is 0 Å². The van der Waals surface area contributed by atoms with Gasteiger partial charge in [-0.2, -0.15) is 5.10 Å². The van der Waals surface area contributed by atoms with Gasteiger partial charge in [-0.15, -0.1) is 0 Å². The van der Waals surface area contributed by atoms with Crippen molar-refractivity contribution in [1.29, 1.82) is 0 Å². The van der Waals surface area contributed by atoms with Crippen LogP contribution in [0.3, 0.4) is 0 Å². The molecule has 1 aromatic heterocycles. The maximum atomic E-state index is 13.7. The Morgan fingerprint density at radius 3 is 2.34 bits per heavy atom. The molecular weight excluding hydrogens is 465 g/mol. The van der Waals surface area contributed by atoms with Gasteiger partial charge in [0, 0.05) is 18.7 Å². The number of carbonyl (C=O) groups excluding carboxylic acids is 1. The Bertz CT molecular complexity index is 1330. The molecule has 0 fully saturated rings. The molecule has 0 N–H and O–H groups in total. The molecule has 3 aromatic carbocycles. The zero-order chi connectivity index (χ0) is 22.2. The SMILES string of the molecule is O=C(c1cc(-c2ccccc2Cl)nn1-c1ccc(Cl)c(Cl)c1)N1CCc2ccccc2C1. The molecule has 0 atom stereocenters. The second-order valence-electron chi connectivity index (χ2n) is 7.65. The van der Waals surface area contributed by atoms with Gasteiger partial charge in [0.1, 0.15) is 5.69 Å². The van der Waals surface area contributed by atoms with Crippen molar-refractivity contribution in [3.05, 3.63) is 105 Å². The molecule has 5 rings (SSSR count). The van der Waals surface area contributed by atoms with Gasteiger partial charge in [-0.05, 0) is 47.9 Å². The molecule has 0 radical (unpaired) electrons. The second kappa shape index (κ2) is 8.62. The van der Waals surface area contributed by atoms with E-state index < -0.39 is 0 Å². The first-order valence-corrected chi connectivity index (χ1v) is 11.3. The second-order valence-corrected chi connectivity index (χ2v) is 8.87. The van der Waals surface area contributed by atoms with E-state index in [1.54, 1.807) is 35.0 Å². The largest absolute Gasteiger partial charge is 0.333 e. The number of nitrogens with zero attached hydrogens (tertiary/aromatic N) is 3. The third kappa shape index (κ3) is 3.90. The molecule has 1 amide bonds. The molecule has 0 unspecified atom stereocenters. The van der Waals surface area contributed by atoms with E-state index in [9.17, 15) is 4.79 Å². The van der Waals surface area contributed by atoms with Crippen LogP contribution < -0.4 is 0 Å². The van der Waals surface area contributed by atoms with Crippen molar-refractivity contribution in [2.24, 2.45) is 0 Å². The zero-order valence-electron chi connectivity index (χ0n) is 16.9. The van der Waals surface area contributed by atoms with Crippen LogP contribution in [0.25, 0.3) is 16.9 Å². The van der Waals surface area contributed by atoms with Crippen LogP contribution in [0.5, 0.6) is 0 Å². The topological polar surface area (TPSA) is 38.1 Å². The number of hydrogen-bond acceptors (Lipinski definition) is 2. The Kier molecular flexibility index (Phi) is 5.68. The number of benzene rings is 3. The lowest BCUT2D eigenvalue weighted by Gasteiger charge is -2.29. The Balaban J connectivity index is 1.59. The molecule has 1 aliphatic heterocycles. The Labute approximate surface area is 200 Å². The molecule has 0 saturated carbocycles. The number of amides is 1. The van der Waals surface area contributed by atoms with Gasteiger partial charge in [0.15, 0.2) is 0 Å². The van der Waals surface area contributed by atoms with Crippen molar-refractivity contribution in [1.82, 2.24) is 14.7 Å². The summed E-state index contributed by atoms with van der Waals surface area (Å²) in [6.07, 6.45) is 0.820. The fraction of sp³-hybridized carbons (Fsp3) is 0.120. The van der Waals surface area contributed by atoms with Crippen molar-refractivity contribution in [3.63, 3.8) is 0 Å². The Hall–Kier alpha value is -2.79. The van der Waals surface area contributed by atoms with Gasteiger partial charge < -0.3 is 4.90 Å². The van der Waals surface area contributed by atoms with Crippen molar-refractivity contribution >= 4 is 40.7 Å². The van der Waals surface area contributed by atoms with Gasteiger partial charge in [0.25, 0.3) is 5.91 Å². The first-order chi connectivity index (χ1) is 15.5. The van der Waals surface area contributed by atoms with Crippen LogP contribution in [-0.2, 0) is 13.0 Å². The third-order valence-corrected chi connectivity index (χ3v) is 6.71. The number of halogens is 3. The molecule has 0 aliphatic carbocycles. The maximum Gasteiger partial charge on any atom is 0.272 e. The van der Waals surface area contributed by atoms with E-state index in [1.807, 2.05) is 35.2 Å². The van der Waals surface area contributed by atoms with Gasteiger partial charge in [-0.3, -0.25) is 4.79 Å². The van der Waals surface area contributed by atoms with Crippen molar-refractivity contribution < 1.29 is 4.79 Å². The summed E-state index contributed by atoms with van der Waals surface area (Å²) in [7, 11) is 0. The van der Waals surface area contributed by atoms with Gasteiger partial charge >= 0.3 is 0 Å². The van der Waals surface area contributed by atoms with Crippen molar-refractivity contribution in [2.75, 3.05) is 6.54 Å². The summed E-state index contributed by atoms with van der Waals surface area (Å²) in [4.78, 5) is 15.5. The highest BCUT2D eigenvalue weighted by atomic mass is 35.5. The maximum absolute atomic E-state index is 13.7. The van der Waals surface area contributed by atoms with Gasteiger partial charge in [0.05, 0.1) is 26.4 Å². The highest BCUT2D eigenvalue weighted by Crippen LogP contribution is 2.31. The third-order valence-electron chi connectivity index (χ3n) is 5.64. The molecule has 4 nitrogen and oxygen atoms in total. The van der Waals surface area contributed by atoms with Crippen LogP contribution >= 0.6 is 34.8 Å². The lowest BCUT2D eigenvalue weighted by Crippen LogP contribution is -2.37. The van der Waals surface area contributed by atoms with Gasteiger partial charge in [0.2, 0.25) is 0 Å². The van der Waals surface area contributed by atoms with E-state index in [0.717, 1.165) is 12.0 Å². The molecule has 0 bridgehead atoms. The van der Waals surface area contributed by atoms with Crippen LogP contribution in [0.15, 0.2) is 72.8 Å². The van der Waals surface area contributed by atoms with Crippen LogP contribution in [-0.4, -0.2) is 27.1 Å². The van der Waals surface area contributed by atoms with E-state index in [1.165, 1.54) is 11.1 Å². The monoisotopic (exact) mass is 481 g/mol. The molecule has 4 aromatic rings. The molecule has 32 heavy (non-hydrogen) atoms. The Morgan fingerprint density at radius 2 is 1.56 bits per heavy atom.